The van der Waals surface area contributed by atoms with Gasteiger partial charge in [-0.05, 0) is 0 Å². The maximum Gasteiger partial charge on any atom is 0.328 e. The van der Waals surface area contributed by atoms with Crippen molar-refractivity contribution in [1.29, 1.82) is 0 Å². The molecule has 0 fully saturated rings. The Morgan fingerprint density at radius 3 is 2.17 bits per heavy atom. The number of rotatable bonds is 4. The molecule has 0 rings (SSSR count). The predicted molar refractivity (Wildman–Crippen MR) is 38.7 cm³/mol. The second-order valence-corrected chi connectivity index (χ2v) is 2.14. The third-order valence-electron chi connectivity index (χ3n) is 0.880. The molecule has 0 saturated carbocycles. The number of carboxylic acids is 1. The van der Waals surface area contributed by atoms with Crippen LogP contribution in [0.1, 0.15) is 12.8 Å². The van der Waals surface area contributed by atoms with Crippen molar-refractivity contribution in [3.8, 4) is 0 Å². The van der Waals surface area contributed by atoms with Gasteiger partial charge in [-0.3, -0.25) is 14.4 Å². The standard InChI is InChI=1S/C6H7ClO5/c7-3-6(11)12-5(10)2-1-4(8)9/h1-3H2,(H,8,9). The van der Waals surface area contributed by atoms with E-state index in [0.29, 0.717) is 0 Å². The van der Waals surface area contributed by atoms with Gasteiger partial charge in [0.2, 0.25) is 0 Å². The van der Waals surface area contributed by atoms with E-state index in [1.165, 1.54) is 0 Å². The second kappa shape index (κ2) is 5.54. The van der Waals surface area contributed by atoms with Crippen molar-refractivity contribution in [1.82, 2.24) is 0 Å². The molecular weight excluding hydrogens is 188 g/mol. The molecule has 0 spiro atoms. The fourth-order valence-corrected chi connectivity index (χ4v) is 0.469. The van der Waals surface area contributed by atoms with E-state index < -0.39 is 23.8 Å². The molecule has 0 saturated heterocycles. The SMILES string of the molecule is O=C(O)CCC(=O)OC(=O)CCl. The predicted octanol–water partition coefficient (Wildman–Crippen LogP) is 0.160. The highest BCUT2D eigenvalue weighted by molar-refractivity contribution is 6.27. The lowest BCUT2D eigenvalue weighted by atomic mass is 10.3. The van der Waals surface area contributed by atoms with E-state index in [4.69, 9.17) is 16.7 Å². The topological polar surface area (TPSA) is 80.7 Å². The summed E-state index contributed by atoms with van der Waals surface area (Å²) >= 11 is 5.02. The molecule has 0 atom stereocenters. The zero-order valence-corrected chi connectivity index (χ0v) is 6.84. The fraction of sp³-hybridized carbons (Fsp3) is 0.500. The zero-order chi connectivity index (χ0) is 9.56. The van der Waals surface area contributed by atoms with Crippen LogP contribution in [0.15, 0.2) is 0 Å². The molecule has 0 unspecified atom stereocenters. The molecule has 0 radical (unpaired) electrons. The maximum atomic E-state index is 10.6. The maximum absolute atomic E-state index is 10.6. The summed E-state index contributed by atoms with van der Waals surface area (Å²) in [6.07, 6.45) is -0.674. The van der Waals surface area contributed by atoms with E-state index in [1.54, 1.807) is 0 Å². The molecule has 0 amide bonds. The van der Waals surface area contributed by atoms with Crippen molar-refractivity contribution >= 4 is 29.5 Å². The van der Waals surface area contributed by atoms with Gasteiger partial charge in [-0.1, -0.05) is 0 Å². The van der Waals surface area contributed by atoms with Crippen molar-refractivity contribution in [3.63, 3.8) is 0 Å². The van der Waals surface area contributed by atoms with Crippen molar-refractivity contribution in [2.75, 3.05) is 5.88 Å². The molecule has 1 N–H and O–H groups in total. The van der Waals surface area contributed by atoms with Crippen LogP contribution in [0, 0.1) is 0 Å². The molecule has 0 bridgehead atoms. The highest BCUT2D eigenvalue weighted by atomic mass is 35.5. The summed E-state index contributed by atoms with van der Waals surface area (Å²) < 4.78 is 4.08. The quantitative estimate of drug-likeness (QED) is 0.392. The third-order valence-corrected chi connectivity index (χ3v) is 1.10. The van der Waals surface area contributed by atoms with Crippen LogP contribution in [-0.2, 0) is 19.1 Å². The van der Waals surface area contributed by atoms with Crippen molar-refractivity contribution in [2.24, 2.45) is 0 Å². The van der Waals surface area contributed by atoms with Gasteiger partial charge in [0.15, 0.2) is 0 Å². The number of halogens is 1. The molecule has 5 nitrogen and oxygen atoms in total. The summed E-state index contributed by atoms with van der Waals surface area (Å²) in [5, 5.41) is 8.13. The number of alkyl halides is 1. The third kappa shape index (κ3) is 5.67. The Labute approximate surface area is 73.3 Å². The molecule has 0 aliphatic carbocycles. The van der Waals surface area contributed by atoms with Crippen LogP contribution >= 0.6 is 11.6 Å². The van der Waals surface area contributed by atoms with Crippen molar-refractivity contribution in [2.45, 2.75) is 12.8 Å². The number of esters is 2. The molecule has 0 heterocycles. The van der Waals surface area contributed by atoms with E-state index >= 15 is 0 Å². The number of hydrogen-bond acceptors (Lipinski definition) is 4. The van der Waals surface area contributed by atoms with Gasteiger partial charge in [-0.2, -0.15) is 0 Å². The molecule has 68 valence electrons. The normalized spacial score (nSPS) is 9.08. The highest BCUT2D eigenvalue weighted by Crippen LogP contribution is 1.94. The molecule has 6 heteroatoms. The van der Waals surface area contributed by atoms with Gasteiger partial charge in [0, 0.05) is 0 Å². The minimum absolute atomic E-state index is 0.321. The van der Waals surface area contributed by atoms with E-state index in [0.717, 1.165) is 0 Å². The van der Waals surface area contributed by atoms with Gasteiger partial charge in [0.1, 0.15) is 5.88 Å². The minimum atomic E-state index is -1.12. The van der Waals surface area contributed by atoms with Gasteiger partial charge in [-0.15, -0.1) is 11.6 Å². The lowest BCUT2D eigenvalue weighted by molar-refractivity contribution is -0.159. The Balaban J connectivity index is 3.60. The minimum Gasteiger partial charge on any atom is -0.481 e. The molecule has 0 aromatic rings. The van der Waals surface area contributed by atoms with Crippen molar-refractivity contribution < 1.29 is 24.2 Å². The molecule has 0 aromatic carbocycles. The zero-order valence-electron chi connectivity index (χ0n) is 6.08. The van der Waals surface area contributed by atoms with Crippen LogP contribution in [0.5, 0.6) is 0 Å². The van der Waals surface area contributed by atoms with Crippen LogP contribution < -0.4 is 0 Å². The fourth-order valence-electron chi connectivity index (χ4n) is 0.414. The van der Waals surface area contributed by atoms with Crippen LogP contribution in [0.2, 0.25) is 0 Å². The summed E-state index contributed by atoms with van der Waals surface area (Å²) in [6.45, 7) is 0. The van der Waals surface area contributed by atoms with Gasteiger partial charge in [0.25, 0.3) is 0 Å². The van der Waals surface area contributed by atoms with Crippen LogP contribution in [0.4, 0.5) is 0 Å². The molecule has 0 aliphatic heterocycles. The summed E-state index contributed by atoms with van der Waals surface area (Å²) in [5.74, 6) is -3.28. The van der Waals surface area contributed by atoms with Crippen molar-refractivity contribution in [3.05, 3.63) is 0 Å². The molecule has 12 heavy (non-hydrogen) atoms. The number of hydrogen-bond donors (Lipinski definition) is 1. The van der Waals surface area contributed by atoms with E-state index in [-0.39, 0.29) is 12.8 Å². The van der Waals surface area contributed by atoms with E-state index in [1.807, 2.05) is 0 Å². The number of aliphatic carboxylic acids is 1. The van der Waals surface area contributed by atoms with Gasteiger partial charge in [-0.25, -0.2) is 0 Å². The lowest BCUT2D eigenvalue weighted by Crippen LogP contribution is -2.14. The van der Waals surface area contributed by atoms with E-state index in [9.17, 15) is 14.4 Å². The Kier molecular flexibility index (Phi) is 5.03. The lowest BCUT2D eigenvalue weighted by Gasteiger charge is -1.97. The van der Waals surface area contributed by atoms with E-state index in [2.05, 4.69) is 4.74 Å². The highest BCUT2D eigenvalue weighted by Gasteiger charge is 2.10. The monoisotopic (exact) mass is 194 g/mol. The van der Waals surface area contributed by atoms with Crippen LogP contribution in [0.25, 0.3) is 0 Å². The Morgan fingerprint density at radius 1 is 1.17 bits per heavy atom. The largest absolute Gasteiger partial charge is 0.481 e. The number of carbonyl (C=O) groups excluding carboxylic acids is 2. The average Bonchev–Trinajstić information content (AvgIpc) is 2.00. The molecule has 0 aromatic heterocycles. The van der Waals surface area contributed by atoms with Gasteiger partial charge in [0.05, 0.1) is 12.8 Å². The first-order valence-electron chi connectivity index (χ1n) is 3.07. The summed E-state index contributed by atoms with van der Waals surface area (Å²) in [6, 6.07) is 0. The molecular formula is C6H7ClO5. The summed E-state index contributed by atoms with van der Waals surface area (Å²) in [4.78, 5) is 30.8. The van der Waals surface area contributed by atoms with Gasteiger partial charge < -0.3 is 9.84 Å². The number of carboxylic acid groups (broad SMARTS) is 1. The Morgan fingerprint density at radius 2 is 1.75 bits per heavy atom. The number of carbonyl (C=O) groups is 3. The number of ether oxygens (including phenoxy) is 1. The Bertz CT molecular complexity index is 200. The van der Waals surface area contributed by atoms with Gasteiger partial charge >= 0.3 is 17.9 Å². The molecule has 0 aliphatic rings. The first kappa shape index (κ1) is 10.9. The second-order valence-electron chi connectivity index (χ2n) is 1.87. The average molecular weight is 195 g/mol. The smallest absolute Gasteiger partial charge is 0.328 e. The summed E-state index contributed by atoms with van der Waals surface area (Å²) in [5.41, 5.74) is 0. The Hall–Kier alpha value is -1.10. The summed E-state index contributed by atoms with van der Waals surface area (Å²) in [7, 11) is 0. The first-order chi connectivity index (χ1) is 5.56. The van der Waals surface area contributed by atoms with Crippen LogP contribution in [0.3, 0.4) is 0 Å². The van der Waals surface area contributed by atoms with Crippen LogP contribution in [-0.4, -0.2) is 28.9 Å². The first-order valence-corrected chi connectivity index (χ1v) is 3.61.